The average molecular weight is 592 g/mol. The highest BCUT2D eigenvalue weighted by Crippen LogP contribution is 2.21. The van der Waals surface area contributed by atoms with Crippen molar-refractivity contribution in [3.63, 3.8) is 0 Å². The molecule has 10 nitrogen and oxygen atoms in total. The van der Waals surface area contributed by atoms with Gasteiger partial charge in [-0.1, -0.05) is 23.7 Å². The molecule has 4 rings (SSSR count). The lowest BCUT2D eigenvalue weighted by atomic mass is 10.1. The number of rotatable bonds is 7. The van der Waals surface area contributed by atoms with E-state index in [2.05, 4.69) is 26.3 Å². The highest BCUT2D eigenvalue weighted by molar-refractivity contribution is 6.34. The fourth-order valence-corrected chi connectivity index (χ4v) is 3.60. The molecule has 1 fully saturated rings. The first-order valence-corrected chi connectivity index (χ1v) is 11.2. The van der Waals surface area contributed by atoms with Gasteiger partial charge in [-0.15, -0.1) is 24.8 Å². The maximum absolute atomic E-state index is 13.5. The molecule has 0 aliphatic carbocycles. The fraction of sp³-hybridized carbons (Fsp3) is 0.217. The summed E-state index contributed by atoms with van der Waals surface area (Å²) in [6.45, 7) is 2.41. The summed E-state index contributed by atoms with van der Waals surface area (Å²) in [5.74, 6) is -3.98. The zero-order valence-electron chi connectivity index (χ0n) is 19.6. The maximum Gasteiger partial charge on any atom is 0.272 e. The third-order valence-corrected chi connectivity index (χ3v) is 5.54. The van der Waals surface area contributed by atoms with Crippen LogP contribution in [0.25, 0.3) is 0 Å². The van der Waals surface area contributed by atoms with Gasteiger partial charge < -0.3 is 15.4 Å². The molecule has 0 atom stereocenters. The Morgan fingerprint density at radius 3 is 2.45 bits per heavy atom. The molecule has 0 radical (unpaired) electrons. The van der Waals surface area contributed by atoms with E-state index in [4.69, 9.17) is 16.3 Å². The minimum absolute atomic E-state index is 0. The molecule has 4 N–H and O–H groups in total. The molecule has 0 saturated carbocycles. The number of carbonyl (C=O) groups is 3. The number of nitrogens with one attached hydrogen (secondary N) is 4. The van der Waals surface area contributed by atoms with E-state index in [1.54, 1.807) is 29.3 Å². The second-order valence-electron chi connectivity index (χ2n) is 7.79. The highest BCUT2D eigenvalue weighted by Gasteiger charge is 2.18. The number of aromatic nitrogens is 2. The van der Waals surface area contributed by atoms with E-state index in [1.807, 2.05) is 0 Å². The summed E-state index contributed by atoms with van der Waals surface area (Å²) >= 11 is 5.81. The number of amides is 3. The standard InChI is InChI=1S/C23H21ClF2N6O4.2ClH/c24-16-10-18(26)17(25)9-15(16)22(34)28-20-11-19(29-30-20)23(35)27-12-13-2-1-3-14(8-13)21(33)31-32-4-6-36-7-5-32;;/h1-3,8-11H,4-7,12H2,(H,27,35)(H,31,33)(H2,28,29,30,34);2*1H. The second-order valence-corrected chi connectivity index (χ2v) is 8.20. The van der Waals surface area contributed by atoms with Gasteiger partial charge in [-0.3, -0.25) is 24.9 Å². The lowest BCUT2D eigenvalue weighted by Gasteiger charge is -2.26. The van der Waals surface area contributed by atoms with E-state index in [0.29, 0.717) is 49.6 Å². The van der Waals surface area contributed by atoms with Crippen molar-refractivity contribution in [2.45, 2.75) is 6.54 Å². The fourth-order valence-electron chi connectivity index (χ4n) is 3.37. The number of H-pyrrole nitrogens is 1. The van der Waals surface area contributed by atoms with Gasteiger partial charge >= 0.3 is 0 Å². The van der Waals surface area contributed by atoms with E-state index in [1.165, 1.54) is 6.07 Å². The van der Waals surface area contributed by atoms with Crippen LogP contribution in [0.2, 0.25) is 5.02 Å². The number of aromatic amines is 1. The van der Waals surface area contributed by atoms with Gasteiger partial charge in [-0.25, -0.2) is 13.8 Å². The largest absolute Gasteiger partial charge is 0.379 e. The number of halogens is 5. The first-order valence-electron chi connectivity index (χ1n) is 10.8. The molecule has 15 heteroatoms. The first kappa shape index (κ1) is 30.9. The summed E-state index contributed by atoms with van der Waals surface area (Å²) in [5, 5.41) is 12.9. The van der Waals surface area contributed by atoms with E-state index in [0.717, 1.165) is 0 Å². The summed E-state index contributed by atoms with van der Waals surface area (Å²) < 4.78 is 31.9. The molecule has 38 heavy (non-hydrogen) atoms. The summed E-state index contributed by atoms with van der Waals surface area (Å²) in [7, 11) is 0. The lowest BCUT2D eigenvalue weighted by molar-refractivity contribution is 0.0126. The van der Waals surface area contributed by atoms with Crippen molar-refractivity contribution in [1.29, 1.82) is 0 Å². The van der Waals surface area contributed by atoms with Gasteiger partial charge in [0.15, 0.2) is 17.3 Å². The number of carbonyl (C=O) groups excluding carboxylic acids is 3. The molecule has 0 spiro atoms. The second kappa shape index (κ2) is 14.0. The van der Waals surface area contributed by atoms with Crippen LogP contribution in [0.5, 0.6) is 0 Å². The van der Waals surface area contributed by atoms with Gasteiger partial charge in [0.2, 0.25) is 0 Å². The molecule has 204 valence electrons. The molecule has 1 saturated heterocycles. The van der Waals surface area contributed by atoms with Crippen LogP contribution in [0.3, 0.4) is 0 Å². The van der Waals surface area contributed by atoms with Gasteiger partial charge in [0, 0.05) is 31.3 Å². The van der Waals surface area contributed by atoms with Crippen molar-refractivity contribution in [3.05, 3.63) is 81.5 Å². The quantitative estimate of drug-likeness (QED) is 0.312. The number of ether oxygens (including phenoxy) is 1. The SMILES string of the molecule is Cl.Cl.O=C(NN1CCOCC1)c1cccc(CNC(=O)c2cc(NC(=O)c3cc(F)c(F)cc3Cl)[nH]n2)c1. The van der Waals surface area contributed by atoms with E-state index in [9.17, 15) is 23.2 Å². The van der Waals surface area contributed by atoms with Gasteiger partial charge in [0.05, 0.1) is 23.8 Å². The van der Waals surface area contributed by atoms with E-state index in [-0.39, 0.29) is 59.4 Å². The zero-order chi connectivity index (χ0) is 25.7. The maximum atomic E-state index is 13.5. The Kier molecular flexibility index (Phi) is 11.4. The Hall–Kier alpha value is -3.29. The third-order valence-electron chi connectivity index (χ3n) is 5.23. The number of anilines is 1. The van der Waals surface area contributed by atoms with Gasteiger partial charge in [-0.05, 0) is 29.8 Å². The van der Waals surface area contributed by atoms with E-state index >= 15 is 0 Å². The monoisotopic (exact) mass is 590 g/mol. The number of nitrogens with zero attached hydrogens (tertiary/aromatic N) is 2. The van der Waals surface area contributed by atoms with Gasteiger partial charge in [0.1, 0.15) is 5.82 Å². The molecular formula is C23H23Cl3F2N6O4. The van der Waals surface area contributed by atoms with Crippen molar-refractivity contribution in [3.8, 4) is 0 Å². The van der Waals surface area contributed by atoms with Crippen molar-refractivity contribution in [2.24, 2.45) is 0 Å². The molecule has 3 aromatic rings. The number of morpholine rings is 1. The molecule has 0 bridgehead atoms. The average Bonchev–Trinajstić information content (AvgIpc) is 3.34. The Morgan fingerprint density at radius 1 is 1.00 bits per heavy atom. The molecule has 1 aliphatic rings. The normalized spacial score (nSPS) is 13.0. The van der Waals surface area contributed by atoms with Gasteiger partial charge in [-0.2, -0.15) is 5.10 Å². The van der Waals surface area contributed by atoms with Gasteiger partial charge in [0.25, 0.3) is 17.7 Å². The lowest BCUT2D eigenvalue weighted by Crippen LogP contribution is -2.48. The third kappa shape index (κ3) is 7.85. The number of benzene rings is 2. The van der Waals surface area contributed by atoms with Crippen molar-refractivity contribution in [1.82, 2.24) is 25.9 Å². The first-order chi connectivity index (χ1) is 17.3. The Labute approximate surface area is 233 Å². The van der Waals surface area contributed by atoms with Crippen molar-refractivity contribution >= 4 is 60.0 Å². The Bertz CT molecular complexity index is 1300. The van der Waals surface area contributed by atoms with Crippen LogP contribution in [0.15, 0.2) is 42.5 Å². The molecular weight excluding hydrogens is 569 g/mol. The molecule has 2 heterocycles. The summed E-state index contributed by atoms with van der Waals surface area (Å²) in [5.41, 5.74) is 3.64. The molecule has 1 aromatic heterocycles. The smallest absolute Gasteiger partial charge is 0.272 e. The van der Waals surface area contributed by atoms with Crippen LogP contribution in [0, 0.1) is 11.6 Å². The van der Waals surface area contributed by atoms with E-state index < -0.39 is 23.4 Å². The van der Waals surface area contributed by atoms with Crippen LogP contribution in [0.1, 0.15) is 36.8 Å². The Morgan fingerprint density at radius 2 is 1.71 bits per heavy atom. The van der Waals surface area contributed by atoms with Crippen LogP contribution in [0.4, 0.5) is 14.6 Å². The minimum Gasteiger partial charge on any atom is -0.379 e. The molecule has 2 aromatic carbocycles. The molecule has 1 aliphatic heterocycles. The summed E-state index contributed by atoms with van der Waals surface area (Å²) in [6.07, 6.45) is 0. The predicted molar refractivity (Wildman–Crippen MR) is 140 cm³/mol. The number of hydrogen-bond acceptors (Lipinski definition) is 6. The van der Waals surface area contributed by atoms with Crippen LogP contribution in [-0.4, -0.2) is 59.2 Å². The van der Waals surface area contributed by atoms with Crippen LogP contribution >= 0.6 is 36.4 Å². The summed E-state index contributed by atoms with van der Waals surface area (Å²) in [6, 6.07) is 9.44. The Balaban J connectivity index is 0.00000253. The predicted octanol–water partition coefficient (Wildman–Crippen LogP) is 3.34. The van der Waals surface area contributed by atoms with Crippen LogP contribution in [-0.2, 0) is 11.3 Å². The minimum atomic E-state index is -1.23. The zero-order valence-corrected chi connectivity index (χ0v) is 21.9. The highest BCUT2D eigenvalue weighted by atomic mass is 35.5. The number of hydrazine groups is 1. The topological polar surface area (TPSA) is 128 Å². The van der Waals surface area contributed by atoms with Crippen molar-refractivity contribution < 1.29 is 27.9 Å². The number of hydrogen-bond donors (Lipinski definition) is 4. The molecule has 3 amide bonds. The van der Waals surface area contributed by atoms with Crippen molar-refractivity contribution in [2.75, 3.05) is 31.6 Å². The molecule has 0 unspecified atom stereocenters. The summed E-state index contributed by atoms with van der Waals surface area (Å²) in [4.78, 5) is 37.3. The van der Waals surface area contributed by atoms with Crippen LogP contribution < -0.4 is 16.1 Å².